The molecule has 0 aliphatic carbocycles. The Hall–Kier alpha value is -0.370. The van der Waals surface area contributed by atoms with Gasteiger partial charge in [-0.1, -0.05) is 0 Å². The van der Waals surface area contributed by atoms with Crippen LogP contribution in [0, 0.1) is 11.3 Å². The van der Waals surface area contributed by atoms with Crippen molar-refractivity contribution in [3.63, 3.8) is 0 Å². The highest BCUT2D eigenvalue weighted by atomic mass is 35.5. The molecule has 6 nitrogen and oxygen atoms in total. The topological polar surface area (TPSA) is 78.5 Å². The van der Waals surface area contributed by atoms with Crippen LogP contribution in [0.2, 0.25) is 0 Å². The number of amides is 1. The van der Waals surface area contributed by atoms with E-state index in [-0.39, 0.29) is 29.6 Å². The molecular weight excluding hydrogens is 314 g/mol. The molecule has 0 spiro atoms. The minimum Gasteiger partial charge on any atom is -0.342 e. The molecule has 2 aliphatic rings. The predicted molar refractivity (Wildman–Crippen MR) is 85.0 cm³/mol. The van der Waals surface area contributed by atoms with Crippen molar-refractivity contribution in [1.29, 1.82) is 0 Å². The third-order valence-electron chi connectivity index (χ3n) is 4.33. The second-order valence-corrected chi connectivity index (χ2v) is 8.20. The molecule has 2 fully saturated rings. The van der Waals surface area contributed by atoms with Gasteiger partial charge in [0.1, 0.15) is 0 Å². The van der Waals surface area contributed by atoms with Crippen LogP contribution in [-0.4, -0.2) is 58.2 Å². The maximum Gasteiger partial charge on any atom is 0.229 e. The largest absolute Gasteiger partial charge is 0.342 e. The van der Waals surface area contributed by atoms with E-state index in [9.17, 15) is 13.2 Å². The lowest BCUT2D eigenvalue weighted by molar-refractivity contribution is -0.142. The van der Waals surface area contributed by atoms with E-state index < -0.39 is 10.0 Å². The Bertz CT molecular complexity index is 463. The summed E-state index contributed by atoms with van der Waals surface area (Å²) in [6.07, 6.45) is 3.98. The number of carbonyl (C=O) groups excluding carboxylic acids is 1. The number of nitrogens with one attached hydrogen (secondary N) is 2. The van der Waals surface area contributed by atoms with Crippen LogP contribution in [0.25, 0.3) is 0 Å². The monoisotopic (exact) mass is 339 g/mol. The highest BCUT2D eigenvalue weighted by Gasteiger charge is 2.40. The maximum atomic E-state index is 12.6. The number of likely N-dealkylation sites (tertiary alicyclic amines) is 1. The van der Waals surface area contributed by atoms with E-state index in [0.717, 1.165) is 38.9 Å². The minimum atomic E-state index is -3.15. The fourth-order valence-electron chi connectivity index (χ4n) is 3.07. The van der Waals surface area contributed by atoms with Crippen LogP contribution in [0.4, 0.5) is 0 Å². The second kappa shape index (κ2) is 7.26. The summed E-state index contributed by atoms with van der Waals surface area (Å²) in [4.78, 5) is 14.5. The number of piperidine rings is 1. The van der Waals surface area contributed by atoms with E-state index in [0.29, 0.717) is 13.1 Å². The molecule has 0 bridgehead atoms. The summed E-state index contributed by atoms with van der Waals surface area (Å²) in [7, 11) is -3.15. The number of nitrogens with zero attached hydrogens (tertiary/aromatic N) is 1. The van der Waals surface area contributed by atoms with Crippen LogP contribution in [0.5, 0.6) is 0 Å². The molecule has 8 heteroatoms. The molecule has 21 heavy (non-hydrogen) atoms. The summed E-state index contributed by atoms with van der Waals surface area (Å²) < 4.78 is 24.9. The van der Waals surface area contributed by atoms with E-state index in [1.165, 1.54) is 6.26 Å². The van der Waals surface area contributed by atoms with Crippen LogP contribution in [0.1, 0.15) is 26.2 Å². The quantitative estimate of drug-likeness (QED) is 0.766. The van der Waals surface area contributed by atoms with Gasteiger partial charge in [-0.15, -0.1) is 12.4 Å². The number of hydrogen-bond donors (Lipinski definition) is 2. The van der Waals surface area contributed by atoms with Gasteiger partial charge in [-0.05, 0) is 38.6 Å². The second-order valence-electron chi connectivity index (χ2n) is 6.37. The molecule has 0 aromatic heterocycles. The van der Waals surface area contributed by atoms with Crippen molar-refractivity contribution in [2.24, 2.45) is 11.3 Å². The average molecular weight is 340 g/mol. The van der Waals surface area contributed by atoms with Gasteiger partial charge in [0, 0.05) is 26.2 Å². The Kier molecular flexibility index (Phi) is 6.46. The lowest BCUT2D eigenvalue weighted by Crippen LogP contribution is -2.49. The number of rotatable bonds is 4. The van der Waals surface area contributed by atoms with Gasteiger partial charge in [0.15, 0.2) is 0 Å². The van der Waals surface area contributed by atoms with E-state index in [1.807, 2.05) is 11.8 Å². The first kappa shape index (κ1) is 18.7. The molecular formula is C13H26ClN3O3S. The molecule has 0 aromatic carbocycles. The standard InChI is InChI=1S/C13H25N3O3S.ClH/c1-13(5-6-14-10-13)12(17)16-7-3-4-11(9-16)8-15-20(2,18)19;/h11,14-15H,3-10H2,1-2H3;1H. The van der Waals surface area contributed by atoms with Crippen molar-refractivity contribution in [3.8, 4) is 0 Å². The van der Waals surface area contributed by atoms with Gasteiger partial charge in [0.25, 0.3) is 0 Å². The smallest absolute Gasteiger partial charge is 0.229 e. The zero-order valence-electron chi connectivity index (χ0n) is 12.7. The Morgan fingerprint density at radius 2 is 2.19 bits per heavy atom. The molecule has 2 unspecified atom stereocenters. The van der Waals surface area contributed by atoms with Crippen LogP contribution in [0.3, 0.4) is 0 Å². The SMILES string of the molecule is CC1(C(=O)N2CCCC(CNS(C)(=O)=O)C2)CCNC1.Cl. The fraction of sp³-hybridized carbons (Fsp3) is 0.923. The Labute approximate surface area is 133 Å². The summed E-state index contributed by atoms with van der Waals surface area (Å²) in [6.45, 7) is 5.55. The molecule has 2 saturated heterocycles. The fourth-order valence-corrected chi connectivity index (χ4v) is 3.61. The molecule has 0 radical (unpaired) electrons. The van der Waals surface area contributed by atoms with Gasteiger partial charge >= 0.3 is 0 Å². The highest BCUT2D eigenvalue weighted by Crippen LogP contribution is 2.29. The molecule has 124 valence electrons. The van der Waals surface area contributed by atoms with Gasteiger partial charge < -0.3 is 10.2 Å². The van der Waals surface area contributed by atoms with Gasteiger partial charge in [0.05, 0.1) is 11.7 Å². The zero-order valence-corrected chi connectivity index (χ0v) is 14.4. The Morgan fingerprint density at radius 3 is 2.76 bits per heavy atom. The van der Waals surface area contributed by atoms with Crippen molar-refractivity contribution in [1.82, 2.24) is 14.9 Å². The van der Waals surface area contributed by atoms with Crippen molar-refractivity contribution >= 4 is 28.3 Å². The zero-order chi connectivity index (χ0) is 14.8. The normalized spacial score (nSPS) is 30.0. The molecule has 0 aromatic rings. The maximum absolute atomic E-state index is 12.6. The van der Waals surface area contributed by atoms with Crippen molar-refractivity contribution < 1.29 is 13.2 Å². The summed E-state index contributed by atoms with van der Waals surface area (Å²) in [5, 5.41) is 3.25. The number of carbonyl (C=O) groups is 1. The number of halogens is 1. The molecule has 2 N–H and O–H groups in total. The van der Waals surface area contributed by atoms with Crippen LogP contribution < -0.4 is 10.0 Å². The molecule has 0 saturated carbocycles. The van der Waals surface area contributed by atoms with Crippen molar-refractivity contribution in [2.45, 2.75) is 26.2 Å². The molecule has 2 aliphatic heterocycles. The first-order valence-corrected chi connectivity index (χ1v) is 9.14. The minimum absolute atomic E-state index is 0. The van der Waals surface area contributed by atoms with E-state index in [2.05, 4.69) is 10.0 Å². The molecule has 1 amide bonds. The van der Waals surface area contributed by atoms with E-state index >= 15 is 0 Å². The van der Waals surface area contributed by atoms with Gasteiger partial charge in [-0.3, -0.25) is 4.79 Å². The average Bonchev–Trinajstić information content (AvgIpc) is 2.83. The van der Waals surface area contributed by atoms with Crippen molar-refractivity contribution in [2.75, 3.05) is 39.0 Å². The van der Waals surface area contributed by atoms with Gasteiger partial charge in [0.2, 0.25) is 15.9 Å². The lowest BCUT2D eigenvalue weighted by atomic mass is 9.86. The summed E-state index contributed by atoms with van der Waals surface area (Å²) >= 11 is 0. The van der Waals surface area contributed by atoms with Crippen LogP contribution in [-0.2, 0) is 14.8 Å². The first-order valence-electron chi connectivity index (χ1n) is 7.25. The summed E-state index contributed by atoms with van der Waals surface area (Å²) in [5.74, 6) is 0.437. The Balaban J connectivity index is 0.00000220. The molecule has 2 heterocycles. The number of sulfonamides is 1. The van der Waals surface area contributed by atoms with E-state index in [1.54, 1.807) is 0 Å². The summed E-state index contributed by atoms with van der Waals surface area (Å²) in [5.41, 5.74) is -0.286. The summed E-state index contributed by atoms with van der Waals surface area (Å²) in [6, 6.07) is 0. The molecule has 2 rings (SSSR count). The predicted octanol–water partition coefficient (Wildman–Crippen LogP) is 0.196. The third-order valence-corrected chi connectivity index (χ3v) is 5.02. The van der Waals surface area contributed by atoms with Crippen molar-refractivity contribution in [3.05, 3.63) is 0 Å². The third kappa shape index (κ3) is 5.09. The van der Waals surface area contributed by atoms with E-state index in [4.69, 9.17) is 0 Å². The molecule has 2 atom stereocenters. The number of hydrogen-bond acceptors (Lipinski definition) is 4. The lowest BCUT2D eigenvalue weighted by Gasteiger charge is -2.37. The van der Waals surface area contributed by atoms with Crippen LogP contribution in [0.15, 0.2) is 0 Å². The Morgan fingerprint density at radius 1 is 1.48 bits per heavy atom. The van der Waals surface area contributed by atoms with Gasteiger partial charge in [-0.2, -0.15) is 0 Å². The van der Waals surface area contributed by atoms with Gasteiger partial charge in [-0.25, -0.2) is 13.1 Å². The first-order chi connectivity index (χ1) is 9.30. The highest BCUT2D eigenvalue weighted by molar-refractivity contribution is 7.88. The van der Waals surface area contributed by atoms with Crippen LogP contribution >= 0.6 is 12.4 Å².